The Morgan fingerprint density at radius 3 is 0.773 bits per heavy atom. The zero-order valence-corrected chi connectivity index (χ0v) is 26.2. The quantitative estimate of drug-likeness (QED) is 0.165. The molecule has 0 bridgehead atoms. The minimum Gasteiger partial charge on any atom is -0.303 e. The molecular formula is C40H32Fe2O2+4. The standard InChI is InChI=1S/C30H22O2.2C5H5.2Fe/c31-21-29-5-1-3-27(29)19-17-25-13-9-23(10-14-25)7-8-24-11-15-26(16-12-24)18-20-28-4-2-6-30(28)22-32;2*1-2-4-5-3-1;;/h1-22H;2*1-5H;;/q;;;2*+2/b8-7+,19-17+,20-18+;;;;. The molecule has 44 heavy (non-hydrogen) atoms. The van der Waals surface area contributed by atoms with Crippen LogP contribution < -0.4 is 0 Å². The van der Waals surface area contributed by atoms with E-state index in [0.29, 0.717) is 11.8 Å². The third kappa shape index (κ3) is 13.6. The second-order valence-electron chi connectivity index (χ2n) is 9.37. The molecule has 2 nitrogen and oxygen atoms in total. The molecule has 216 valence electrons. The predicted octanol–water partition coefficient (Wildman–Crippen LogP) is 7.87. The SMILES string of the molecule is O=C[C]1[CH][CH][CH][C]1/C=C/c1ccc(/C=C/c2ccc(/C=C/[C]3[CH][CH][CH][C]3C=O)cc2)cc1.[CH]1[CH][CH][CH][CH]1.[CH]1[CH][CH][CH][CH]1.[Fe+2].[Fe+2]. The number of benzene rings is 2. The van der Waals surface area contributed by atoms with E-state index in [9.17, 15) is 9.59 Å². The first-order valence-electron chi connectivity index (χ1n) is 13.7. The monoisotopic (exact) mass is 656 g/mol. The third-order valence-corrected chi connectivity index (χ3v) is 6.39. The van der Waals surface area contributed by atoms with E-state index in [-0.39, 0.29) is 34.1 Å². The smallest absolute Gasteiger partial charge is 0.303 e. The van der Waals surface area contributed by atoms with Gasteiger partial charge in [0.2, 0.25) is 0 Å². The summed E-state index contributed by atoms with van der Waals surface area (Å²) in [5.74, 6) is 3.28. The normalized spacial score (nSPS) is 19.4. The van der Waals surface area contributed by atoms with Crippen molar-refractivity contribution in [3.8, 4) is 0 Å². The summed E-state index contributed by atoms with van der Waals surface area (Å²) in [6.07, 6.45) is 45.1. The van der Waals surface area contributed by atoms with Crippen LogP contribution in [0, 0.1) is 126 Å². The van der Waals surface area contributed by atoms with Crippen molar-refractivity contribution in [3.63, 3.8) is 0 Å². The fourth-order valence-corrected chi connectivity index (χ4v) is 4.06. The van der Waals surface area contributed by atoms with Crippen LogP contribution in [0.2, 0.25) is 0 Å². The van der Waals surface area contributed by atoms with Crippen molar-refractivity contribution >= 4 is 36.9 Å². The zero-order chi connectivity index (χ0) is 29.2. The van der Waals surface area contributed by atoms with Gasteiger partial charge in [0.25, 0.3) is 0 Å². The number of allylic oxidation sites excluding steroid dienone is 2. The van der Waals surface area contributed by atoms with Crippen molar-refractivity contribution < 1.29 is 43.7 Å². The maximum absolute atomic E-state index is 11.0. The number of carbonyl (C=O) groups excluding carboxylic acids is 2. The van der Waals surface area contributed by atoms with Crippen LogP contribution >= 0.6 is 0 Å². The summed E-state index contributed by atoms with van der Waals surface area (Å²) in [6, 6.07) is 16.5. The minimum atomic E-state index is 0. The van der Waals surface area contributed by atoms with Crippen molar-refractivity contribution in [2.45, 2.75) is 0 Å². The Kier molecular flexibility index (Phi) is 19.6. The molecule has 4 aliphatic carbocycles. The Hall–Kier alpha value is -1.96. The molecule has 0 aromatic heterocycles. The van der Waals surface area contributed by atoms with E-state index < -0.39 is 0 Å². The van der Waals surface area contributed by atoms with Gasteiger partial charge in [-0.15, -0.1) is 0 Å². The number of carbonyl (C=O) groups is 2. The van der Waals surface area contributed by atoms with Gasteiger partial charge in [0, 0.05) is 11.8 Å². The molecule has 0 heterocycles. The Bertz CT molecular complexity index is 1030. The maximum atomic E-state index is 11.0. The van der Waals surface area contributed by atoms with Gasteiger partial charge in [-0.1, -0.05) is 85.0 Å². The van der Waals surface area contributed by atoms with Gasteiger partial charge in [-0.2, -0.15) is 0 Å². The minimum absolute atomic E-state index is 0. The molecule has 0 spiro atoms. The van der Waals surface area contributed by atoms with E-state index in [1.807, 2.05) is 127 Å². The maximum Gasteiger partial charge on any atom is 2.00 e. The summed E-state index contributed by atoms with van der Waals surface area (Å²) in [5, 5.41) is 0. The van der Waals surface area contributed by atoms with Crippen molar-refractivity contribution in [2.24, 2.45) is 0 Å². The molecule has 6 rings (SSSR count). The third-order valence-electron chi connectivity index (χ3n) is 6.39. The molecule has 0 amide bonds. The van der Waals surface area contributed by atoms with Crippen molar-refractivity contribution in [2.75, 3.05) is 0 Å². The van der Waals surface area contributed by atoms with Crippen LogP contribution in [0.5, 0.6) is 0 Å². The van der Waals surface area contributed by atoms with Crippen LogP contribution in [-0.4, -0.2) is 12.6 Å². The summed E-state index contributed by atoms with van der Waals surface area (Å²) in [6.45, 7) is 0. The van der Waals surface area contributed by atoms with Gasteiger partial charge in [-0.25, -0.2) is 0 Å². The molecule has 2 aromatic rings. The molecule has 0 saturated heterocycles. The van der Waals surface area contributed by atoms with Crippen LogP contribution in [0.1, 0.15) is 22.3 Å². The van der Waals surface area contributed by atoms with Gasteiger partial charge < -0.3 is 9.59 Å². The largest absolute Gasteiger partial charge is 2.00 e. The predicted molar refractivity (Wildman–Crippen MR) is 174 cm³/mol. The van der Waals surface area contributed by atoms with Crippen molar-refractivity contribution in [3.05, 3.63) is 209 Å². The second-order valence-corrected chi connectivity index (χ2v) is 9.37. The molecule has 4 aliphatic rings. The Balaban J connectivity index is 0.000000476. The van der Waals surface area contributed by atoms with Crippen molar-refractivity contribution in [1.82, 2.24) is 0 Å². The molecule has 0 unspecified atom stereocenters. The van der Waals surface area contributed by atoms with Crippen molar-refractivity contribution in [1.29, 1.82) is 0 Å². The molecule has 0 atom stereocenters. The fourth-order valence-electron chi connectivity index (χ4n) is 4.06. The molecular weight excluding hydrogens is 624 g/mol. The number of rotatable bonds is 8. The summed E-state index contributed by atoms with van der Waals surface area (Å²) in [5.41, 5.74) is 4.40. The van der Waals surface area contributed by atoms with Gasteiger partial charge in [0.1, 0.15) is 12.6 Å². The van der Waals surface area contributed by atoms with Gasteiger partial charge in [-0.3, -0.25) is 0 Å². The van der Waals surface area contributed by atoms with Crippen LogP contribution in [0.3, 0.4) is 0 Å². The summed E-state index contributed by atoms with van der Waals surface area (Å²) in [7, 11) is 0. The van der Waals surface area contributed by atoms with E-state index >= 15 is 0 Å². The fraction of sp³-hybridized carbons (Fsp3) is 0. The first-order valence-corrected chi connectivity index (χ1v) is 13.7. The van der Waals surface area contributed by atoms with Gasteiger partial charge in [-0.05, 0) is 125 Å². The number of aldehydes is 2. The second kappa shape index (κ2) is 22.5. The van der Waals surface area contributed by atoms with E-state index in [4.69, 9.17) is 0 Å². The Morgan fingerprint density at radius 1 is 0.295 bits per heavy atom. The molecule has 2 aromatic carbocycles. The summed E-state index contributed by atoms with van der Waals surface area (Å²) in [4.78, 5) is 22.0. The van der Waals surface area contributed by atoms with Gasteiger partial charge in [0.05, 0.1) is 11.8 Å². The van der Waals surface area contributed by atoms with E-state index in [2.05, 4.69) is 60.7 Å². The zero-order valence-electron chi connectivity index (χ0n) is 24.0. The molecule has 4 heteroatoms. The van der Waals surface area contributed by atoms with E-state index in [1.54, 1.807) is 0 Å². The number of hydrogen-bond donors (Lipinski definition) is 0. The average Bonchev–Trinajstić information content (AvgIpc) is 3.88. The molecule has 0 N–H and O–H groups in total. The van der Waals surface area contributed by atoms with Crippen LogP contribution in [0.4, 0.5) is 0 Å². The molecule has 0 aliphatic heterocycles. The van der Waals surface area contributed by atoms with Crippen LogP contribution in [0.25, 0.3) is 24.3 Å². The topological polar surface area (TPSA) is 34.1 Å². The first kappa shape index (κ1) is 38.2. The molecule has 20 radical (unpaired) electrons. The Morgan fingerprint density at radius 2 is 0.523 bits per heavy atom. The summed E-state index contributed by atoms with van der Waals surface area (Å²) >= 11 is 0. The molecule has 4 fully saturated rings. The van der Waals surface area contributed by atoms with E-state index in [1.165, 1.54) is 0 Å². The molecule has 4 saturated carbocycles. The first-order chi connectivity index (χ1) is 20.7. The van der Waals surface area contributed by atoms with Crippen LogP contribution in [-0.2, 0) is 43.7 Å². The van der Waals surface area contributed by atoms with Gasteiger partial charge in [0.15, 0.2) is 0 Å². The Labute approximate surface area is 288 Å². The number of hydrogen-bond acceptors (Lipinski definition) is 2. The van der Waals surface area contributed by atoms with Crippen LogP contribution in [0.15, 0.2) is 60.7 Å². The average molecular weight is 656 g/mol. The summed E-state index contributed by atoms with van der Waals surface area (Å²) < 4.78 is 0. The van der Waals surface area contributed by atoms with Gasteiger partial charge >= 0.3 is 34.1 Å². The van der Waals surface area contributed by atoms with E-state index in [0.717, 1.165) is 46.7 Å².